The highest BCUT2D eigenvalue weighted by Gasteiger charge is 2.28. The molecule has 0 aliphatic carbocycles. The summed E-state index contributed by atoms with van der Waals surface area (Å²) in [7, 11) is 2.16. The van der Waals surface area contributed by atoms with Gasteiger partial charge in [-0.2, -0.15) is 0 Å². The third kappa shape index (κ3) is 7.12. The van der Waals surface area contributed by atoms with Crippen LogP contribution in [0.4, 0.5) is 5.69 Å². The zero-order chi connectivity index (χ0) is 22.4. The molecule has 2 aliphatic heterocycles. The summed E-state index contributed by atoms with van der Waals surface area (Å²) in [5.74, 6) is 1.03. The van der Waals surface area contributed by atoms with E-state index < -0.39 is 0 Å². The lowest BCUT2D eigenvalue weighted by atomic mass is 10.1. The summed E-state index contributed by atoms with van der Waals surface area (Å²) in [4.78, 5) is 23.8. The zero-order valence-electron chi connectivity index (χ0n) is 19.7. The first-order valence-corrected chi connectivity index (χ1v) is 11.8. The maximum atomic E-state index is 12.3. The normalized spacial score (nSPS) is 19.8. The Hall–Kier alpha value is -1.26. The SMILES string of the molecule is CCNC(=NCc1c(Cl)cccc1N1CCN(C)CC1)NC1CCN(C(=O)C(C)C)C1.I. The lowest BCUT2D eigenvalue weighted by Gasteiger charge is -2.35. The van der Waals surface area contributed by atoms with Gasteiger partial charge in [-0.25, -0.2) is 4.99 Å². The average molecular weight is 577 g/mol. The second kappa shape index (κ2) is 12.8. The molecule has 180 valence electrons. The topological polar surface area (TPSA) is 63.2 Å². The molecule has 0 bridgehead atoms. The number of aliphatic imine (C=N–C) groups is 1. The maximum Gasteiger partial charge on any atom is 0.225 e. The molecule has 2 heterocycles. The number of benzene rings is 1. The third-order valence-electron chi connectivity index (χ3n) is 6.01. The van der Waals surface area contributed by atoms with E-state index in [9.17, 15) is 4.79 Å². The fourth-order valence-corrected chi connectivity index (χ4v) is 4.39. The highest BCUT2D eigenvalue weighted by molar-refractivity contribution is 14.0. The number of likely N-dealkylation sites (N-methyl/N-ethyl adjacent to an activating group) is 1. The molecule has 2 aliphatic rings. The van der Waals surface area contributed by atoms with Crippen LogP contribution in [0.3, 0.4) is 0 Å². The number of nitrogens with one attached hydrogen (secondary N) is 2. The third-order valence-corrected chi connectivity index (χ3v) is 6.37. The molecule has 1 aromatic carbocycles. The summed E-state index contributed by atoms with van der Waals surface area (Å²) in [6.45, 7) is 12.9. The van der Waals surface area contributed by atoms with Crippen LogP contribution < -0.4 is 15.5 Å². The molecule has 1 amide bonds. The molecule has 2 N–H and O–H groups in total. The fraction of sp³-hybridized carbons (Fsp3) is 0.652. The Labute approximate surface area is 215 Å². The number of piperazine rings is 1. The smallest absolute Gasteiger partial charge is 0.225 e. The summed E-state index contributed by atoms with van der Waals surface area (Å²) in [5.41, 5.74) is 2.24. The van der Waals surface area contributed by atoms with Crippen LogP contribution in [0.2, 0.25) is 5.02 Å². The Bertz CT molecular complexity index is 782. The van der Waals surface area contributed by atoms with Crippen LogP contribution in [0, 0.1) is 5.92 Å². The van der Waals surface area contributed by atoms with Crippen LogP contribution in [0.15, 0.2) is 23.2 Å². The number of carbonyl (C=O) groups excluding carboxylic acids is 1. The molecule has 0 spiro atoms. The van der Waals surface area contributed by atoms with Gasteiger partial charge in [-0.1, -0.05) is 31.5 Å². The number of amides is 1. The summed E-state index contributed by atoms with van der Waals surface area (Å²) < 4.78 is 0. The fourth-order valence-electron chi connectivity index (χ4n) is 4.16. The molecule has 2 saturated heterocycles. The van der Waals surface area contributed by atoms with Crippen LogP contribution >= 0.6 is 35.6 Å². The standard InChI is InChI=1S/C23H37ClN6O.HI/c1-5-25-23(27-18-9-10-30(16-18)22(31)17(2)3)26-15-19-20(24)7-6-8-21(19)29-13-11-28(4)12-14-29;/h6-8,17-18H,5,9-16H2,1-4H3,(H2,25,26,27);1H. The van der Waals surface area contributed by atoms with E-state index >= 15 is 0 Å². The van der Waals surface area contributed by atoms with Gasteiger partial charge in [0.1, 0.15) is 0 Å². The monoisotopic (exact) mass is 576 g/mol. The number of anilines is 1. The highest BCUT2D eigenvalue weighted by Crippen LogP contribution is 2.29. The number of guanidine groups is 1. The molecule has 2 fully saturated rings. The van der Waals surface area contributed by atoms with Gasteiger partial charge in [0, 0.05) is 74.0 Å². The van der Waals surface area contributed by atoms with Crippen molar-refractivity contribution < 1.29 is 4.79 Å². The van der Waals surface area contributed by atoms with E-state index in [1.807, 2.05) is 30.9 Å². The van der Waals surface area contributed by atoms with E-state index in [1.165, 1.54) is 5.69 Å². The minimum atomic E-state index is 0. The van der Waals surface area contributed by atoms with Crippen LogP contribution in [-0.4, -0.2) is 80.6 Å². The van der Waals surface area contributed by atoms with Crippen LogP contribution in [0.5, 0.6) is 0 Å². The number of rotatable bonds is 6. The number of hydrogen-bond donors (Lipinski definition) is 2. The van der Waals surface area contributed by atoms with Crippen LogP contribution in [-0.2, 0) is 11.3 Å². The predicted molar refractivity (Wildman–Crippen MR) is 144 cm³/mol. The Kier molecular flexibility index (Phi) is 10.8. The Morgan fingerprint density at radius 1 is 1.22 bits per heavy atom. The molecule has 0 saturated carbocycles. The quantitative estimate of drug-likeness (QED) is 0.310. The lowest BCUT2D eigenvalue weighted by Crippen LogP contribution is -2.45. The molecule has 7 nitrogen and oxygen atoms in total. The lowest BCUT2D eigenvalue weighted by molar-refractivity contribution is -0.133. The summed E-state index contributed by atoms with van der Waals surface area (Å²) in [6, 6.07) is 6.32. The number of halogens is 2. The van der Waals surface area contributed by atoms with Crippen LogP contribution in [0.1, 0.15) is 32.8 Å². The highest BCUT2D eigenvalue weighted by atomic mass is 127. The Balaban J connectivity index is 0.00000363. The van der Waals surface area contributed by atoms with Gasteiger partial charge < -0.3 is 25.3 Å². The molecule has 1 atom stereocenters. The molecule has 1 unspecified atom stereocenters. The van der Waals surface area contributed by atoms with Crippen LogP contribution in [0.25, 0.3) is 0 Å². The molecular formula is C23H38ClIN6O. The first kappa shape index (κ1) is 27.0. The van der Waals surface area contributed by atoms with E-state index in [1.54, 1.807) is 0 Å². The van der Waals surface area contributed by atoms with Crippen molar-refractivity contribution in [3.63, 3.8) is 0 Å². The summed E-state index contributed by atoms with van der Waals surface area (Å²) >= 11 is 6.60. The van der Waals surface area contributed by atoms with Gasteiger partial charge in [-0.15, -0.1) is 24.0 Å². The molecule has 3 rings (SSSR count). The van der Waals surface area contributed by atoms with E-state index in [2.05, 4.69) is 40.5 Å². The second-order valence-electron chi connectivity index (χ2n) is 8.79. The van der Waals surface area contributed by atoms with Crippen molar-refractivity contribution in [1.29, 1.82) is 0 Å². The molecule has 0 aromatic heterocycles. The van der Waals surface area contributed by atoms with Gasteiger partial charge in [0.2, 0.25) is 5.91 Å². The minimum absolute atomic E-state index is 0. The van der Waals surface area contributed by atoms with E-state index in [-0.39, 0.29) is 41.8 Å². The summed E-state index contributed by atoms with van der Waals surface area (Å²) in [6.07, 6.45) is 0.932. The van der Waals surface area contributed by atoms with Crippen molar-refractivity contribution in [2.75, 3.05) is 57.8 Å². The zero-order valence-corrected chi connectivity index (χ0v) is 22.8. The average Bonchev–Trinajstić information content (AvgIpc) is 3.21. The number of nitrogens with zero attached hydrogens (tertiary/aromatic N) is 4. The maximum absolute atomic E-state index is 12.3. The minimum Gasteiger partial charge on any atom is -0.369 e. The van der Waals surface area contributed by atoms with Crippen molar-refractivity contribution in [2.45, 2.75) is 39.8 Å². The van der Waals surface area contributed by atoms with Gasteiger partial charge in [0.05, 0.1) is 6.54 Å². The Morgan fingerprint density at radius 3 is 2.59 bits per heavy atom. The number of carbonyl (C=O) groups is 1. The molecule has 32 heavy (non-hydrogen) atoms. The first-order valence-electron chi connectivity index (χ1n) is 11.4. The van der Waals surface area contributed by atoms with Gasteiger partial charge in [-0.3, -0.25) is 4.79 Å². The van der Waals surface area contributed by atoms with Crippen molar-refractivity contribution in [3.05, 3.63) is 28.8 Å². The predicted octanol–water partition coefficient (Wildman–Crippen LogP) is 3.02. The van der Waals surface area contributed by atoms with E-state index in [0.717, 1.165) is 68.8 Å². The number of hydrogen-bond acceptors (Lipinski definition) is 4. The van der Waals surface area contributed by atoms with Crippen molar-refractivity contribution in [1.82, 2.24) is 20.4 Å². The van der Waals surface area contributed by atoms with E-state index in [4.69, 9.17) is 16.6 Å². The van der Waals surface area contributed by atoms with Gasteiger partial charge in [-0.05, 0) is 32.5 Å². The Morgan fingerprint density at radius 2 is 1.94 bits per heavy atom. The second-order valence-corrected chi connectivity index (χ2v) is 9.20. The van der Waals surface area contributed by atoms with Gasteiger partial charge >= 0.3 is 0 Å². The molecule has 1 aromatic rings. The molecular weight excluding hydrogens is 539 g/mol. The van der Waals surface area contributed by atoms with Gasteiger partial charge in [0.15, 0.2) is 5.96 Å². The molecule has 0 radical (unpaired) electrons. The van der Waals surface area contributed by atoms with Crippen molar-refractivity contribution in [2.24, 2.45) is 10.9 Å². The van der Waals surface area contributed by atoms with Crippen molar-refractivity contribution >= 4 is 53.1 Å². The number of likely N-dealkylation sites (tertiary alicyclic amines) is 1. The van der Waals surface area contributed by atoms with Crippen molar-refractivity contribution in [3.8, 4) is 0 Å². The van der Waals surface area contributed by atoms with E-state index in [0.29, 0.717) is 6.54 Å². The summed E-state index contributed by atoms with van der Waals surface area (Å²) in [5, 5.41) is 7.61. The first-order chi connectivity index (χ1) is 14.9. The molecule has 9 heteroatoms. The van der Waals surface area contributed by atoms with Gasteiger partial charge in [0.25, 0.3) is 0 Å². The largest absolute Gasteiger partial charge is 0.369 e.